The molecule has 1 aromatic carbocycles. The highest BCUT2D eigenvalue weighted by atomic mass is 35.5. The molecule has 108 valence electrons. The summed E-state index contributed by atoms with van der Waals surface area (Å²) in [5.74, 6) is 0.0260. The third-order valence-corrected chi connectivity index (χ3v) is 4.83. The summed E-state index contributed by atoms with van der Waals surface area (Å²) in [6.45, 7) is 0.269. The van der Waals surface area contributed by atoms with Crippen LogP contribution in [0.4, 0.5) is 0 Å². The van der Waals surface area contributed by atoms with Gasteiger partial charge in [-0.25, -0.2) is 0 Å². The topological polar surface area (TPSA) is 72.9 Å². The average Bonchev–Trinajstić information content (AvgIpc) is 2.74. The Labute approximate surface area is 121 Å². The molecule has 0 N–H and O–H groups in total. The Kier molecular flexibility index (Phi) is 3.45. The summed E-state index contributed by atoms with van der Waals surface area (Å²) in [4.78, 5) is 12.8. The number of halogens is 1. The molecule has 2 aliphatic heterocycles. The first-order valence-electron chi connectivity index (χ1n) is 6.06. The Bertz CT molecular complexity index is 630. The Hall–Kier alpha value is -1.15. The van der Waals surface area contributed by atoms with E-state index in [2.05, 4.69) is 0 Å². The second-order valence-corrected chi connectivity index (χ2v) is 6.71. The maximum absolute atomic E-state index is 11.9. The molecule has 0 spiro atoms. The maximum atomic E-state index is 11.9. The minimum atomic E-state index is -3.83. The Morgan fingerprint density at radius 1 is 1.35 bits per heavy atom. The van der Waals surface area contributed by atoms with Gasteiger partial charge in [0.05, 0.1) is 24.5 Å². The number of hydrogen-bond acceptors (Lipinski definition) is 5. The van der Waals surface area contributed by atoms with Crippen molar-refractivity contribution in [3.63, 3.8) is 0 Å². The van der Waals surface area contributed by atoms with E-state index in [4.69, 9.17) is 20.5 Å². The maximum Gasteiger partial charge on any atom is 0.297 e. The minimum Gasteiger partial charge on any atom is -0.350 e. The van der Waals surface area contributed by atoms with E-state index in [1.54, 1.807) is 4.90 Å². The van der Waals surface area contributed by atoms with Crippen molar-refractivity contribution in [3.05, 3.63) is 29.3 Å². The van der Waals surface area contributed by atoms with Crippen LogP contribution in [0.15, 0.2) is 29.2 Å². The molecule has 1 aromatic rings. The first kappa shape index (κ1) is 13.8. The predicted molar refractivity (Wildman–Crippen MR) is 69.6 cm³/mol. The monoisotopic (exact) mass is 317 g/mol. The van der Waals surface area contributed by atoms with E-state index in [0.29, 0.717) is 18.0 Å². The van der Waals surface area contributed by atoms with Gasteiger partial charge in [0.1, 0.15) is 12.3 Å². The lowest BCUT2D eigenvalue weighted by atomic mass is 10.2. The number of ether oxygens (including phenoxy) is 1. The van der Waals surface area contributed by atoms with E-state index in [0.717, 1.165) is 0 Å². The molecule has 0 saturated carbocycles. The van der Waals surface area contributed by atoms with Gasteiger partial charge >= 0.3 is 0 Å². The summed E-state index contributed by atoms with van der Waals surface area (Å²) in [5, 5.41) is 0.450. The Balaban J connectivity index is 1.60. The normalized spacial score (nSPS) is 25.4. The number of nitrogens with zero attached hydrogens (tertiary/aromatic N) is 1. The summed E-state index contributed by atoms with van der Waals surface area (Å²) >= 11 is 5.70. The van der Waals surface area contributed by atoms with Crippen molar-refractivity contribution in [1.29, 1.82) is 0 Å². The Morgan fingerprint density at radius 3 is 2.65 bits per heavy atom. The lowest BCUT2D eigenvalue weighted by molar-refractivity contribution is -0.156. The Morgan fingerprint density at radius 2 is 2.05 bits per heavy atom. The van der Waals surface area contributed by atoms with Gasteiger partial charge in [-0.3, -0.25) is 8.98 Å². The molecule has 0 aromatic heterocycles. The van der Waals surface area contributed by atoms with Crippen molar-refractivity contribution in [3.8, 4) is 0 Å². The van der Waals surface area contributed by atoms with Gasteiger partial charge in [0.2, 0.25) is 5.91 Å². The standard InChI is InChI=1S/C12H12ClNO5S/c13-8-1-3-10(4-2-8)20(16,17)18-7-9-6-14-11(15)5-12(14)19-9/h1-4,9,12H,5-7H2/t9-,12+/m1/s1. The number of rotatable bonds is 4. The van der Waals surface area contributed by atoms with Crippen LogP contribution >= 0.6 is 11.6 Å². The highest BCUT2D eigenvalue weighted by molar-refractivity contribution is 7.86. The lowest BCUT2D eigenvalue weighted by Crippen LogP contribution is -2.48. The highest BCUT2D eigenvalue weighted by Gasteiger charge is 2.45. The summed E-state index contributed by atoms with van der Waals surface area (Å²) in [5.41, 5.74) is 0. The van der Waals surface area contributed by atoms with E-state index < -0.39 is 16.2 Å². The quantitative estimate of drug-likeness (QED) is 0.612. The molecule has 1 amide bonds. The highest BCUT2D eigenvalue weighted by Crippen LogP contribution is 2.29. The molecule has 0 radical (unpaired) electrons. The molecule has 2 fully saturated rings. The number of amides is 1. The molecule has 2 heterocycles. The molecule has 6 nitrogen and oxygen atoms in total. The molecule has 2 aliphatic rings. The zero-order chi connectivity index (χ0) is 14.3. The van der Waals surface area contributed by atoms with Gasteiger partial charge < -0.3 is 9.64 Å². The first-order valence-corrected chi connectivity index (χ1v) is 7.84. The van der Waals surface area contributed by atoms with E-state index in [1.807, 2.05) is 0 Å². The zero-order valence-corrected chi connectivity index (χ0v) is 11.9. The van der Waals surface area contributed by atoms with Gasteiger partial charge in [0, 0.05) is 5.02 Å². The molecular formula is C12H12ClNO5S. The van der Waals surface area contributed by atoms with Crippen molar-refractivity contribution >= 4 is 27.6 Å². The van der Waals surface area contributed by atoms with E-state index in [-0.39, 0.29) is 23.6 Å². The number of carbonyl (C=O) groups excluding carboxylic acids is 1. The molecule has 0 aliphatic carbocycles. The van der Waals surface area contributed by atoms with Crippen LogP contribution in [-0.2, 0) is 23.8 Å². The van der Waals surface area contributed by atoms with Crippen LogP contribution in [0.25, 0.3) is 0 Å². The van der Waals surface area contributed by atoms with Gasteiger partial charge in [-0.1, -0.05) is 11.6 Å². The van der Waals surface area contributed by atoms with Crippen molar-refractivity contribution in [1.82, 2.24) is 4.90 Å². The minimum absolute atomic E-state index is 0.0260. The van der Waals surface area contributed by atoms with Crippen LogP contribution in [0.5, 0.6) is 0 Å². The molecular weight excluding hydrogens is 306 g/mol. The third kappa shape index (κ3) is 2.54. The van der Waals surface area contributed by atoms with Gasteiger partial charge in [0.25, 0.3) is 10.1 Å². The van der Waals surface area contributed by atoms with Crippen LogP contribution in [0.3, 0.4) is 0 Å². The average molecular weight is 318 g/mol. The fourth-order valence-electron chi connectivity index (χ4n) is 2.18. The van der Waals surface area contributed by atoms with Gasteiger partial charge in [-0.2, -0.15) is 8.42 Å². The summed E-state index contributed by atoms with van der Waals surface area (Å²) < 4.78 is 34.3. The predicted octanol–water partition coefficient (Wildman–Crippen LogP) is 1.00. The SMILES string of the molecule is O=C1C[C@@H]2O[C@@H](COS(=O)(=O)c3ccc(Cl)cc3)CN12. The number of β-lactam (4-membered cyclic amide) rings is 1. The van der Waals surface area contributed by atoms with Crippen molar-refractivity contribution in [2.75, 3.05) is 13.2 Å². The number of fused-ring (bicyclic) bond motifs is 1. The summed E-state index contributed by atoms with van der Waals surface area (Å²) in [7, 11) is -3.83. The number of carbonyl (C=O) groups is 1. The largest absolute Gasteiger partial charge is 0.350 e. The lowest BCUT2D eigenvalue weighted by Gasteiger charge is -2.31. The van der Waals surface area contributed by atoms with Crippen molar-refractivity contribution < 1.29 is 22.1 Å². The van der Waals surface area contributed by atoms with Crippen LogP contribution in [0.2, 0.25) is 5.02 Å². The second kappa shape index (κ2) is 5.00. The van der Waals surface area contributed by atoms with Crippen molar-refractivity contribution in [2.24, 2.45) is 0 Å². The van der Waals surface area contributed by atoms with E-state index in [9.17, 15) is 13.2 Å². The number of benzene rings is 1. The third-order valence-electron chi connectivity index (χ3n) is 3.28. The first-order chi connectivity index (χ1) is 9.45. The van der Waals surface area contributed by atoms with E-state index >= 15 is 0 Å². The van der Waals surface area contributed by atoms with E-state index in [1.165, 1.54) is 24.3 Å². The van der Waals surface area contributed by atoms with Gasteiger partial charge in [-0.15, -0.1) is 0 Å². The summed E-state index contributed by atoms with van der Waals surface area (Å²) in [6, 6.07) is 5.72. The van der Waals surface area contributed by atoms with Crippen LogP contribution < -0.4 is 0 Å². The van der Waals surface area contributed by atoms with Crippen LogP contribution in [-0.4, -0.2) is 44.7 Å². The fourth-order valence-corrected chi connectivity index (χ4v) is 3.24. The molecule has 2 atom stereocenters. The zero-order valence-electron chi connectivity index (χ0n) is 10.4. The van der Waals surface area contributed by atoms with Crippen molar-refractivity contribution in [2.45, 2.75) is 23.6 Å². The van der Waals surface area contributed by atoms with Gasteiger partial charge in [-0.05, 0) is 24.3 Å². The second-order valence-electron chi connectivity index (χ2n) is 4.66. The molecule has 8 heteroatoms. The molecule has 20 heavy (non-hydrogen) atoms. The summed E-state index contributed by atoms with van der Waals surface area (Å²) in [6.07, 6.45) is -0.261. The fraction of sp³-hybridized carbons (Fsp3) is 0.417. The van der Waals surface area contributed by atoms with Crippen LogP contribution in [0, 0.1) is 0 Å². The molecule has 0 bridgehead atoms. The number of hydrogen-bond donors (Lipinski definition) is 0. The molecule has 2 saturated heterocycles. The van der Waals surface area contributed by atoms with Gasteiger partial charge in [0.15, 0.2) is 0 Å². The molecule has 0 unspecified atom stereocenters. The van der Waals surface area contributed by atoms with Crippen LogP contribution in [0.1, 0.15) is 6.42 Å². The molecule has 3 rings (SSSR count). The smallest absolute Gasteiger partial charge is 0.297 e.